The molecule has 1 atom stereocenters. The minimum atomic E-state index is -0.977. The molecule has 0 bridgehead atoms. The number of nitrogens with one attached hydrogen (secondary N) is 1. The summed E-state index contributed by atoms with van der Waals surface area (Å²) in [7, 11) is 0. The largest absolute Gasteiger partial charge is 0.368 e. The monoisotopic (exact) mass is 422 g/mol. The van der Waals surface area contributed by atoms with Crippen molar-refractivity contribution in [3.63, 3.8) is 0 Å². The first-order chi connectivity index (χ1) is 15.5. The molecule has 4 heteroatoms. The SMILES string of the molecule is CC(C(=O)N[C@H](Cc1cccc2ccccc12)C(N)=O)(c1ccccc1)c1ccccc1. The standard InChI is InChI=1S/C28H26N2O2/c1-28(22-14-4-2-5-15-22,23-16-6-3-7-17-23)27(32)30-25(26(29)31)19-21-13-10-12-20-11-8-9-18-24(20)21/h2-18,25H,19H2,1H3,(H2,29,31)(H,30,32)/t25-/m1/s1. The zero-order valence-corrected chi connectivity index (χ0v) is 18.0. The zero-order chi connectivity index (χ0) is 22.6. The summed E-state index contributed by atoms with van der Waals surface area (Å²) in [5.41, 5.74) is 7.42. The summed E-state index contributed by atoms with van der Waals surface area (Å²) < 4.78 is 0. The van der Waals surface area contributed by atoms with Crippen LogP contribution in [0, 0.1) is 0 Å². The summed E-state index contributed by atoms with van der Waals surface area (Å²) in [4.78, 5) is 26.1. The van der Waals surface area contributed by atoms with Crippen LogP contribution in [0.4, 0.5) is 0 Å². The minimum absolute atomic E-state index is 0.265. The first-order valence-electron chi connectivity index (χ1n) is 10.7. The number of carbonyl (C=O) groups excluding carboxylic acids is 2. The van der Waals surface area contributed by atoms with Gasteiger partial charge in [-0.3, -0.25) is 9.59 Å². The lowest BCUT2D eigenvalue weighted by atomic mass is 9.75. The maximum Gasteiger partial charge on any atom is 0.240 e. The van der Waals surface area contributed by atoms with E-state index in [1.807, 2.05) is 110 Å². The number of primary amides is 1. The number of fused-ring (bicyclic) bond motifs is 1. The summed E-state index contributed by atoms with van der Waals surface area (Å²) in [6, 6.07) is 32.3. The third-order valence-electron chi connectivity index (χ3n) is 6.11. The molecule has 0 saturated carbocycles. The predicted octanol–water partition coefficient (Wildman–Crippen LogP) is 4.36. The van der Waals surface area contributed by atoms with Crippen molar-refractivity contribution in [2.45, 2.75) is 24.8 Å². The van der Waals surface area contributed by atoms with Gasteiger partial charge >= 0.3 is 0 Å². The number of carbonyl (C=O) groups is 2. The number of rotatable bonds is 7. The Morgan fingerprint density at radius 1 is 0.781 bits per heavy atom. The van der Waals surface area contributed by atoms with Crippen molar-refractivity contribution in [2.75, 3.05) is 0 Å². The fourth-order valence-corrected chi connectivity index (χ4v) is 4.19. The van der Waals surface area contributed by atoms with E-state index in [1.54, 1.807) is 0 Å². The van der Waals surface area contributed by atoms with E-state index in [1.165, 1.54) is 0 Å². The van der Waals surface area contributed by atoms with Crippen molar-refractivity contribution in [1.82, 2.24) is 5.32 Å². The highest BCUT2D eigenvalue weighted by atomic mass is 16.2. The normalized spacial score (nSPS) is 12.3. The van der Waals surface area contributed by atoms with Gasteiger partial charge in [0.1, 0.15) is 6.04 Å². The Balaban J connectivity index is 1.69. The molecular weight excluding hydrogens is 396 g/mol. The van der Waals surface area contributed by atoms with Crippen molar-refractivity contribution < 1.29 is 9.59 Å². The molecular formula is C28H26N2O2. The van der Waals surface area contributed by atoms with E-state index in [4.69, 9.17) is 5.73 Å². The average molecular weight is 423 g/mol. The van der Waals surface area contributed by atoms with Crippen LogP contribution in [0.2, 0.25) is 0 Å². The average Bonchev–Trinajstić information content (AvgIpc) is 2.84. The first kappa shape index (κ1) is 21.3. The van der Waals surface area contributed by atoms with Gasteiger partial charge in [0.2, 0.25) is 11.8 Å². The van der Waals surface area contributed by atoms with Crippen LogP contribution in [-0.2, 0) is 21.4 Å². The van der Waals surface area contributed by atoms with Crippen molar-refractivity contribution in [3.05, 3.63) is 120 Å². The Morgan fingerprint density at radius 2 is 1.31 bits per heavy atom. The smallest absolute Gasteiger partial charge is 0.240 e. The minimum Gasteiger partial charge on any atom is -0.368 e. The molecule has 0 aliphatic heterocycles. The van der Waals surface area contributed by atoms with E-state index in [0.29, 0.717) is 6.42 Å². The van der Waals surface area contributed by atoms with E-state index in [-0.39, 0.29) is 5.91 Å². The van der Waals surface area contributed by atoms with E-state index < -0.39 is 17.4 Å². The van der Waals surface area contributed by atoms with Crippen LogP contribution in [0.25, 0.3) is 10.8 Å². The number of hydrogen-bond acceptors (Lipinski definition) is 2. The van der Waals surface area contributed by atoms with Gasteiger partial charge in [-0.15, -0.1) is 0 Å². The Kier molecular flexibility index (Phi) is 6.04. The molecule has 2 amide bonds. The Bertz CT molecular complexity index is 1190. The first-order valence-corrected chi connectivity index (χ1v) is 10.7. The van der Waals surface area contributed by atoms with Crippen molar-refractivity contribution in [3.8, 4) is 0 Å². The van der Waals surface area contributed by atoms with E-state index in [9.17, 15) is 9.59 Å². The molecule has 0 radical (unpaired) electrons. The molecule has 0 fully saturated rings. The van der Waals surface area contributed by atoms with Gasteiger partial charge in [-0.25, -0.2) is 0 Å². The van der Waals surface area contributed by atoms with Crippen molar-refractivity contribution in [1.29, 1.82) is 0 Å². The van der Waals surface area contributed by atoms with Crippen molar-refractivity contribution in [2.24, 2.45) is 5.73 Å². The summed E-state index contributed by atoms with van der Waals surface area (Å²) in [6.07, 6.45) is 0.322. The summed E-state index contributed by atoms with van der Waals surface area (Å²) >= 11 is 0. The van der Waals surface area contributed by atoms with Crippen LogP contribution in [-0.4, -0.2) is 17.9 Å². The fraction of sp³-hybridized carbons (Fsp3) is 0.143. The van der Waals surface area contributed by atoms with Gasteiger partial charge < -0.3 is 11.1 Å². The molecule has 0 aliphatic rings. The summed E-state index contributed by atoms with van der Waals surface area (Å²) in [6.45, 7) is 1.88. The van der Waals surface area contributed by atoms with Gasteiger partial charge in [0.25, 0.3) is 0 Å². The van der Waals surface area contributed by atoms with Gasteiger partial charge in [0.05, 0.1) is 5.41 Å². The molecule has 0 spiro atoms. The molecule has 0 aromatic heterocycles. The molecule has 4 aromatic rings. The Hall–Kier alpha value is -3.92. The topological polar surface area (TPSA) is 72.2 Å². The maximum absolute atomic E-state index is 13.7. The highest BCUT2D eigenvalue weighted by Crippen LogP contribution is 2.32. The quantitative estimate of drug-likeness (QED) is 0.465. The molecule has 4 nitrogen and oxygen atoms in total. The Labute approximate surface area is 188 Å². The van der Waals surface area contributed by atoms with Crippen LogP contribution in [0.3, 0.4) is 0 Å². The lowest BCUT2D eigenvalue weighted by molar-refractivity contribution is -0.129. The lowest BCUT2D eigenvalue weighted by Gasteiger charge is -2.31. The highest BCUT2D eigenvalue weighted by Gasteiger charge is 2.38. The third-order valence-corrected chi connectivity index (χ3v) is 6.11. The molecule has 32 heavy (non-hydrogen) atoms. The molecule has 4 rings (SSSR count). The molecule has 0 saturated heterocycles. The third kappa shape index (κ3) is 4.12. The Morgan fingerprint density at radius 3 is 1.91 bits per heavy atom. The van der Waals surface area contributed by atoms with Gasteiger partial charge in [-0.1, -0.05) is 103 Å². The van der Waals surface area contributed by atoms with E-state index in [0.717, 1.165) is 27.5 Å². The van der Waals surface area contributed by atoms with E-state index in [2.05, 4.69) is 5.32 Å². The van der Waals surface area contributed by atoms with Gasteiger partial charge in [-0.2, -0.15) is 0 Å². The second-order valence-electron chi connectivity index (χ2n) is 8.13. The van der Waals surface area contributed by atoms with Crippen LogP contribution >= 0.6 is 0 Å². The predicted molar refractivity (Wildman–Crippen MR) is 128 cm³/mol. The number of nitrogens with two attached hydrogens (primary N) is 1. The number of amides is 2. The van der Waals surface area contributed by atoms with Gasteiger partial charge in [0, 0.05) is 6.42 Å². The van der Waals surface area contributed by atoms with Crippen LogP contribution < -0.4 is 11.1 Å². The van der Waals surface area contributed by atoms with Crippen molar-refractivity contribution >= 4 is 22.6 Å². The maximum atomic E-state index is 13.7. The molecule has 0 unspecified atom stereocenters. The van der Waals surface area contributed by atoms with Crippen LogP contribution in [0.15, 0.2) is 103 Å². The summed E-state index contributed by atoms with van der Waals surface area (Å²) in [5.74, 6) is -0.825. The van der Waals surface area contributed by atoms with Crippen LogP contribution in [0.1, 0.15) is 23.6 Å². The molecule has 4 aromatic carbocycles. The second-order valence-corrected chi connectivity index (χ2v) is 8.13. The number of benzene rings is 4. The van der Waals surface area contributed by atoms with Crippen LogP contribution in [0.5, 0.6) is 0 Å². The number of hydrogen-bond donors (Lipinski definition) is 2. The van der Waals surface area contributed by atoms with Gasteiger partial charge in [0.15, 0.2) is 0 Å². The zero-order valence-electron chi connectivity index (χ0n) is 18.0. The lowest BCUT2D eigenvalue weighted by Crippen LogP contribution is -2.52. The van der Waals surface area contributed by atoms with Gasteiger partial charge in [-0.05, 0) is 34.4 Å². The molecule has 160 valence electrons. The van der Waals surface area contributed by atoms with E-state index >= 15 is 0 Å². The molecule has 0 aliphatic carbocycles. The second kappa shape index (κ2) is 9.06. The summed E-state index contributed by atoms with van der Waals surface area (Å²) in [5, 5.41) is 5.08. The molecule has 0 heterocycles. The fourth-order valence-electron chi connectivity index (χ4n) is 4.19. The molecule has 3 N–H and O–H groups in total. The highest BCUT2D eigenvalue weighted by molar-refractivity contribution is 5.95.